The summed E-state index contributed by atoms with van der Waals surface area (Å²) in [7, 11) is -2.81. The highest BCUT2D eigenvalue weighted by Gasteiger charge is 2.26. The Bertz CT molecular complexity index is 257. The van der Waals surface area contributed by atoms with Gasteiger partial charge in [0, 0.05) is 6.26 Å². The minimum Gasteiger partial charge on any atom is -0.393 e. The van der Waals surface area contributed by atoms with E-state index in [0.29, 0.717) is 12.3 Å². The Morgan fingerprint density at radius 2 is 2.07 bits per heavy atom. The summed E-state index contributed by atoms with van der Waals surface area (Å²) in [6.07, 6.45) is 3.61. The highest BCUT2D eigenvalue weighted by atomic mass is 32.2. The Morgan fingerprint density at radius 3 is 2.57 bits per heavy atom. The van der Waals surface area contributed by atoms with E-state index in [2.05, 4.69) is 5.32 Å². The maximum absolute atomic E-state index is 10.8. The molecule has 0 saturated heterocycles. The van der Waals surface area contributed by atoms with Crippen LogP contribution in [0.25, 0.3) is 0 Å². The summed E-state index contributed by atoms with van der Waals surface area (Å²) in [5.41, 5.74) is 0. The first-order valence-corrected chi connectivity index (χ1v) is 7.10. The normalized spacial score (nSPS) is 27.3. The van der Waals surface area contributed by atoms with Gasteiger partial charge in [0.15, 0.2) is 0 Å². The van der Waals surface area contributed by atoms with Gasteiger partial charge < -0.3 is 10.4 Å². The molecule has 0 bridgehead atoms. The van der Waals surface area contributed by atoms with Crippen LogP contribution in [0.2, 0.25) is 0 Å². The molecular weight excluding hydrogens is 202 g/mol. The Balaban J connectivity index is 1.90. The zero-order chi connectivity index (χ0) is 10.6. The number of hydrogen-bond acceptors (Lipinski definition) is 4. The number of hydrogen-bond donors (Lipinski definition) is 2. The Labute approximate surface area is 85.6 Å². The Kier molecular flexibility index (Phi) is 4.34. The zero-order valence-electron chi connectivity index (χ0n) is 8.57. The molecule has 14 heavy (non-hydrogen) atoms. The van der Waals surface area contributed by atoms with Crippen LogP contribution < -0.4 is 5.32 Å². The molecular formula is C9H19NO3S. The van der Waals surface area contributed by atoms with Gasteiger partial charge in [-0.15, -0.1) is 0 Å². The molecule has 1 fully saturated rings. The van der Waals surface area contributed by atoms with E-state index in [9.17, 15) is 8.42 Å². The molecule has 84 valence electrons. The van der Waals surface area contributed by atoms with Gasteiger partial charge in [-0.3, -0.25) is 0 Å². The minimum atomic E-state index is -2.81. The molecule has 4 nitrogen and oxygen atoms in total. The molecule has 0 spiro atoms. The van der Waals surface area contributed by atoms with Crippen molar-refractivity contribution >= 4 is 9.84 Å². The number of sulfone groups is 1. The van der Waals surface area contributed by atoms with Gasteiger partial charge in [0.1, 0.15) is 9.84 Å². The lowest BCUT2D eigenvalue weighted by atomic mass is 9.82. The number of aliphatic hydroxyl groups is 1. The van der Waals surface area contributed by atoms with Crippen molar-refractivity contribution in [2.45, 2.75) is 25.4 Å². The van der Waals surface area contributed by atoms with Crippen molar-refractivity contribution in [1.82, 2.24) is 5.32 Å². The molecule has 0 atom stereocenters. The molecule has 0 amide bonds. The first-order chi connectivity index (χ1) is 6.47. The molecule has 0 aromatic carbocycles. The number of nitrogens with one attached hydrogen (secondary N) is 1. The SMILES string of the molecule is CS(=O)(=O)CCCNCC1CC(O)C1. The van der Waals surface area contributed by atoms with Crippen molar-refractivity contribution in [3.8, 4) is 0 Å². The third kappa shape index (κ3) is 4.93. The fourth-order valence-electron chi connectivity index (χ4n) is 1.63. The van der Waals surface area contributed by atoms with Crippen LogP contribution in [0.15, 0.2) is 0 Å². The zero-order valence-corrected chi connectivity index (χ0v) is 9.39. The largest absolute Gasteiger partial charge is 0.393 e. The summed E-state index contributed by atoms with van der Waals surface area (Å²) in [4.78, 5) is 0. The molecule has 1 rings (SSSR count). The van der Waals surface area contributed by atoms with E-state index >= 15 is 0 Å². The fraction of sp³-hybridized carbons (Fsp3) is 1.00. The second-order valence-electron chi connectivity index (χ2n) is 4.18. The molecule has 1 saturated carbocycles. The van der Waals surface area contributed by atoms with Gasteiger partial charge >= 0.3 is 0 Å². The van der Waals surface area contributed by atoms with E-state index in [1.54, 1.807) is 0 Å². The number of rotatable bonds is 6. The quantitative estimate of drug-likeness (QED) is 0.609. The molecule has 0 heterocycles. The van der Waals surface area contributed by atoms with Gasteiger partial charge in [-0.05, 0) is 38.3 Å². The van der Waals surface area contributed by atoms with Crippen LogP contribution in [0.4, 0.5) is 0 Å². The van der Waals surface area contributed by atoms with E-state index < -0.39 is 9.84 Å². The summed E-state index contributed by atoms with van der Waals surface area (Å²) in [5, 5.41) is 12.2. The monoisotopic (exact) mass is 221 g/mol. The molecule has 0 unspecified atom stereocenters. The summed E-state index contributed by atoms with van der Waals surface area (Å²) >= 11 is 0. The standard InChI is InChI=1S/C9H19NO3S/c1-14(12,13)4-2-3-10-7-8-5-9(11)6-8/h8-11H,2-7H2,1H3. The maximum atomic E-state index is 10.8. The lowest BCUT2D eigenvalue weighted by molar-refractivity contribution is 0.0432. The topological polar surface area (TPSA) is 66.4 Å². The smallest absolute Gasteiger partial charge is 0.147 e. The van der Waals surface area contributed by atoms with E-state index in [0.717, 1.165) is 25.9 Å². The van der Waals surface area contributed by atoms with Crippen molar-refractivity contribution in [2.75, 3.05) is 25.1 Å². The van der Waals surface area contributed by atoms with Gasteiger partial charge in [0.05, 0.1) is 11.9 Å². The van der Waals surface area contributed by atoms with E-state index in [4.69, 9.17) is 5.11 Å². The third-order valence-corrected chi connectivity index (χ3v) is 3.54. The Morgan fingerprint density at radius 1 is 1.43 bits per heavy atom. The lowest BCUT2D eigenvalue weighted by Gasteiger charge is -2.31. The molecule has 5 heteroatoms. The van der Waals surface area contributed by atoms with Crippen LogP contribution in [-0.4, -0.2) is 44.7 Å². The van der Waals surface area contributed by atoms with Crippen LogP contribution in [-0.2, 0) is 9.84 Å². The van der Waals surface area contributed by atoms with Gasteiger partial charge in [0.2, 0.25) is 0 Å². The van der Waals surface area contributed by atoms with Crippen LogP contribution in [0.1, 0.15) is 19.3 Å². The lowest BCUT2D eigenvalue weighted by Crippen LogP contribution is -2.36. The van der Waals surface area contributed by atoms with Gasteiger partial charge in [-0.2, -0.15) is 0 Å². The van der Waals surface area contributed by atoms with Crippen LogP contribution in [0.5, 0.6) is 0 Å². The van der Waals surface area contributed by atoms with Crippen molar-refractivity contribution in [1.29, 1.82) is 0 Å². The van der Waals surface area contributed by atoms with Crippen molar-refractivity contribution < 1.29 is 13.5 Å². The molecule has 0 aromatic rings. The van der Waals surface area contributed by atoms with Crippen LogP contribution >= 0.6 is 0 Å². The van der Waals surface area contributed by atoms with E-state index in [-0.39, 0.29) is 11.9 Å². The molecule has 1 aliphatic carbocycles. The van der Waals surface area contributed by atoms with E-state index in [1.807, 2.05) is 0 Å². The van der Waals surface area contributed by atoms with Crippen molar-refractivity contribution in [3.05, 3.63) is 0 Å². The second kappa shape index (κ2) is 5.09. The average Bonchev–Trinajstić information content (AvgIpc) is 1.98. The third-order valence-electron chi connectivity index (χ3n) is 2.51. The summed E-state index contributed by atoms with van der Waals surface area (Å²) in [6, 6.07) is 0. The predicted molar refractivity (Wildman–Crippen MR) is 55.9 cm³/mol. The van der Waals surface area contributed by atoms with Crippen molar-refractivity contribution in [2.24, 2.45) is 5.92 Å². The van der Waals surface area contributed by atoms with Crippen molar-refractivity contribution in [3.63, 3.8) is 0 Å². The first-order valence-electron chi connectivity index (χ1n) is 5.04. The molecule has 0 aromatic heterocycles. The first kappa shape index (κ1) is 11.9. The molecule has 0 aliphatic heterocycles. The van der Waals surface area contributed by atoms with Crippen LogP contribution in [0.3, 0.4) is 0 Å². The van der Waals surface area contributed by atoms with E-state index in [1.165, 1.54) is 6.26 Å². The fourth-order valence-corrected chi connectivity index (χ4v) is 2.30. The average molecular weight is 221 g/mol. The molecule has 2 N–H and O–H groups in total. The van der Waals surface area contributed by atoms with Gasteiger partial charge in [-0.25, -0.2) is 8.42 Å². The van der Waals surface area contributed by atoms with Gasteiger partial charge in [-0.1, -0.05) is 0 Å². The maximum Gasteiger partial charge on any atom is 0.147 e. The molecule has 1 aliphatic rings. The second-order valence-corrected chi connectivity index (χ2v) is 6.44. The van der Waals surface area contributed by atoms with Gasteiger partial charge in [0.25, 0.3) is 0 Å². The Hall–Kier alpha value is -0.130. The molecule has 0 radical (unpaired) electrons. The minimum absolute atomic E-state index is 0.0992. The highest BCUT2D eigenvalue weighted by Crippen LogP contribution is 2.25. The van der Waals surface area contributed by atoms with Crippen LogP contribution in [0, 0.1) is 5.92 Å². The highest BCUT2D eigenvalue weighted by molar-refractivity contribution is 7.90. The number of aliphatic hydroxyl groups excluding tert-OH is 1. The summed E-state index contributed by atoms with van der Waals surface area (Å²) in [5.74, 6) is 0.844. The summed E-state index contributed by atoms with van der Waals surface area (Å²) in [6.45, 7) is 1.65. The summed E-state index contributed by atoms with van der Waals surface area (Å²) < 4.78 is 21.6. The predicted octanol–water partition coefficient (Wildman–Crippen LogP) is -0.218.